The number of ether oxygens (including phenoxy) is 2. The van der Waals surface area contributed by atoms with Gasteiger partial charge >= 0.3 is 0 Å². The molecule has 5 heteroatoms. The highest BCUT2D eigenvalue weighted by Crippen LogP contribution is 2.29. The molecule has 4 nitrogen and oxygen atoms in total. The van der Waals surface area contributed by atoms with Crippen LogP contribution in [0.15, 0.2) is 42.5 Å². The van der Waals surface area contributed by atoms with Gasteiger partial charge in [0.1, 0.15) is 0 Å². The smallest absolute Gasteiger partial charge is 0.222 e. The quantitative estimate of drug-likeness (QED) is 0.636. The van der Waals surface area contributed by atoms with Gasteiger partial charge in [0.05, 0.1) is 13.2 Å². The van der Waals surface area contributed by atoms with Crippen molar-refractivity contribution in [1.82, 2.24) is 4.90 Å². The van der Waals surface area contributed by atoms with Gasteiger partial charge < -0.3 is 14.4 Å². The number of amides is 1. The predicted octanol–water partition coefficient (Wildman–Crippen LogP) is 4.73. The summed E-state index contributed by atoms with van der Waals surface area (Å²) in [4.78, 5) is 14.1. The van der Waals surface area contributed by atoms with Crippen LogP contribution in [0.2, 0.25) is 5.02 Å². The number of benzene rings is 2. The molecule has 0 unspecified atom stereocenters. The van der Waals surface area contributed by atoms with Crippen LogP contribution in [-0.4, -0.2) is 31.1 Å². The Bertz CT molecular complexity index is 716. The normalized spacial score (nSPS) is 10.5. The maximum absolute atomic E-state index is 12.4. The van der Waals surface area contributed by atoms with Gasteiger partial charge in [0.2, 0.25) is 5.91 Å². The topological polar surface area (TPSA) is 38.8 Å². The van der Waals surface area contributed by atoms with Crippen LogP contribution < -0.4 is 9.47 Å². The first-order valence-electron chi connectivity index (χ1n) is 8.90. The number of hydrogen-bond acceptors (Lipinski definition) is 3. The molecule has 0 N–H and O–H groups in total. The molecule has 0 aliphatic carbocycles. The van der Waals surface area contributed by atoms with Crippen molar-refractivity contribution < 1.29 is 14.3 Å². The number of carbonyl (C=O) groups excluding carboxylic acids is 1. The van der Waals surface area contributed by atoms with Gasteiger partial charge in [0.25, 0.3) is 0 Å². The summed E-state index contributed by atoms with van der Waals surface area (Å²) in [6.45, 7) is 5.62. The SMILES string of the molecule is CCOc1ccc(CCC(=O)N(C)Cc2ccc(Cl)cc2)cc1OCC. The lowest BCUT2D eigenvalue weighted by Crippen LogP contribution is -2.26. The van der Waals surface area contributed by atoms with Gasteiger partial charge in [-0.15, -0.1) is 0 Å². The second-order valence-electron chi connectivity index (χ2n) is 6.02. The molecule has 0 fully saturated rings. The second-order valence-corrected chi connectivity index (χ2v) is 6.46. The third-order valence-electron chi connectivity index (χ3n) is 3.99. The molecule has 2 aromatic carbocycles. The van der Waals surface area contributed by atoms with Crippen molar-refractivity contribution in [1.29, 1.82) is 0 Å². The minimum Gasteiger partial charge on any atom is -0.490 e. The summed E-state index contributed by atoms with van der Waals surface area (Å²) in [7, 11) is 1.82. The standard InChI is InChI=1S/C21H26ClNO3/c1-4-25-19-12-8-16(14-20(19)26-5-2)9-13-21(24)23(3)15-17-6-10-18(22)11-7-17/h6-8,10-12,14H,4-5,9,13,15H2,1-3H3. The maximum atomic E-state index is 12.4. The average molecular weight is 376 g/mol. The molecule has 2 aromatic rings. The Morgan fingerprint density at radius 1 is 0.962 bits per heavy atom. The van der Waals surface area contributed by atoms with E-state index in [1.165, 1.54) is 0 Å². The molecule has 0 saturated heterocycles. The highest BCUT2D eigenvalue weighted by atomic mass is 35.5. The highest BCUT2D eigenvalue weighted by molar-refractivity contribution is 6.30. The molecule has 0 spiro atoms. The fourth-order valence-electron chi connectivity index (χ4n) is 2.65. The van der Waals surface area contributed by atoms with Gasteiger partial charge in [0, 0.05) is 25.0 Å². The zero-order valence-electron chi connectivity index (χ0n) is 15.6. The number of rotatable bonds is 9. The molecule has 1 amide bonds. The van der Waals surface area contributed by atoms with Gasteiger partial charge in [-0.1, -0.05) is 29.8 Å². The first-order valence-corrected chi connectivity index (χ1v) is 9.28. The molecule has 0 atom stereocenters. The monoisotopic (exact) mass is 375 g/mol. The molecule has 26 heavy (non-hydrogen) atoms. The van der Waals surface area contributed by atoms with E-state index in [0.29, 0.717) is 37.6 Å². The van der Waals surface area contributed by atoms with Crippen molar-refractivity contribution in [3.63, 3.8) is 0 Å². The van der Waals surface area contributed by atoms with E-state index < -0.39 is 0 Å². The van der Waals surface area contributed by atoms with E-state index in [1.807, 2.05) is 63.4 Å². The van der Waals surface area contributed by atoms with E-state index in [1.54, 1.807) is 4.90 Å². The Morgan fingerprint density at radius 2 is 1.58 bits per heavy atom. The van der Waals surface area contributed by atoms with Gasteiger partial charge in [-0.25, -0.2) is 0 Å². The molecular weight excluding hydrogens is 350 g/mol. The Kier molecular flexibility index (Phi) is 7.79. The van der Waals surface area contributed by atoms with Crippen LogP contribution in [0, 0.1) is 0 Å². The molecule has 0 aliphatic rings. The molecule has 0 heterocycles. The van der Waals surface area contributed by atoms with Crippen LogP contribution in [0.4, 0.5) is 0 Å². The van der Waals surface area contributed by atoms with E-state index in [4.69, 9.17) is 21.1 Å². The lowest BCUT2D eigenvalue weighted by atomic mass is 10.1. The molecule has 0 bridgehead atoms. The van der Waals surface area contributed by atoms with Crippen LogP contribution >= 0.6 is 11.6 Å². The average Bonchev–Trinajstić information content (AvgIpc) is 2.63. The van der Waals surface area contributed by atoms with Crippen LogP contribution in [0.5, 0.6) is 11.5 Å². The summed E-state index contributed by atoms with van der Waals surface area (Å²) in [5.41, 5.74) is 2.12. The third kappa shape index (κ3) is 5.95. The van der Waals surface area contributed by atoms with Crippen molar-refractivity contribution in [2.75, 3.05) is 20.3 Å². The summed E-state index contributed by atoms with van der Waals surface area (Å²) in [6.07, 6.45) is 1.11. The number of aryl methyl sites for hydroxylation is 1. The second kappa shape index (κ2) is 10.1. The van der Waals surface area contributed by atoms with Crippen molar-refractivity contribution in [3.05, 3.63) is 58.6 Å². The number of hydrogen-bond donors (Lipinski definition) is 0. The fraction of sp³-hybridized carbons (Fsp3) is 0.381. The third-order valence-corrected chi connectivity index (χ3v) is 4.25. The Labute approximate surface area is 160 Å². The minimum absolute atomic E-state index is 0.104. The molecular formula is C21H26ClNO3. The van der Waals surface area contributed by atoms with Crippen LogP contribution in [0.1, 0.15) is 31.4 Å². The predicted molar refractivity (Wildman–Crippen MR) is 105 cm³/mol. The number of nitrogens with zero attached hydrogens (tertiary/aromatic N) is 1. The van der Waals surface area contributed by atoms with Crippen LogP contribution in [0.3, 0.4) is 0 Å². The fourth-order valence-corrected chi connectivity index (χ4v) is 2.77. The van der Waals surface area contributed by atoms with Crippen molar-refractivity contribution >= 4 is 17.5 Å². The van der Waals surface area contributed by atoms with E-state index in [-0.39, 0.29) is 5.91 Å². The largest absolute Gasteiger partial charge is 0.490 e. The Hall–Kier alpha value is -2.20. The lowest BCUT2D eigenvalue weighted by molar-refractivity contribution is -0.130. The van der Waals surface area contributed by atoms with Crippen molar-refractivity contribution in [2.24, 2.45) is 0 Å². The molecule has 0 saturated carbocycles. The summed E-state index contributed by atoms with van der Waals surface area (Å²) in [6, 6.07) is 13.4. The van der Waals surface area contributed by atoms with E-state index >= 15 is 0 Å². The minimum atomic E-state index is 0.104. The molecule has 0 aromatic heterocycles. The van der Waals surface area contributed by atoms with Crippen LogP contribution in [0.25, 0.3) is 0 Å². The highest BCUT2D eigenvalue weighted by Gasteiger charge is 2.11. The van der Waals surface area contributed by atoms with E-state index in [0.717, 1.165) is 22.6 Å². The van der Waals surface area contributed by atoms with Gasteiger partial charge in [-0.2, -0.15) is 0 Å². The van der Waals surface area contributed by atoms with Crippen molar-refractivity contribution in [3.8, 4) is 11.5 Å². The van der Waals surface area contributed by atoms with E-state index in [9.17, 15) is 4.79 Å². The van der Waals surface area contributed by atoms with Gasteiger partial charge in [-0.3, -0.25) is 4.79 Å². The zero-order chi connectivity index (χ0) is 18.9. The number of halogens is 1. The number of carbonyl (C=O) groups is 1. The lowest BCUT2D eigenvalue weighted by Gasteiger charge is -2.18. The molecule has 0 radical (unpaired) electrons. The maximum Gasteiger partial charge on any atom is 0.222 e. The first-order chi connectivity index (χ1) is 12.5. The summed E-state index contributed by atoms with van der Waals surface area (Å²) in [5, 5.41) is 0.698. The molecule has 0 aliphatic heterocycles. The zero-order valence-corrected chi connectivity index (χ0v) is 16.4. The van der Waals surface area contributed by atoms with Crippen molar-refractivity contribution in [2.45, 2.75) is 33.2 Å². The van der Waals surface area contributed by atoms with E-state index in [2.05, 4.69) is 0 Å². The summed E-state index contributed by atoms with van der Waals surface area (Å²) in [5.74, 6) is 1.57. The van der Waals surface area contributed by atoms with Gasteiger partial charge in [-0.05, 0) is 55.7 Å². The Balaban J connectivity index is 1.93. The first kappa shape index (κ1) is 20.1. The molecule has 140 valence electrons. The van der Waals surface area contributed by atoms with Gasteiger partial charge in [0.15, 0.2) is 11.5 Å². The Morgan fingerprint density at radius 3 is 2.23 bits per heavy atom. The summed E-state index contributed by atoms with van der Waals surface area (Å²) >= 11 is 5.89. The van der Waals surface area contributed by atoms with Crippen LogP contribution in [-0.2, 0) is 17.8 Å². The molecule has 2 rings (SSSR count). The summed E-state index contributed by atoms with van der Waals surface area (Å²) < 4.78 is 11.2.